The van der Waals surface area contributed by atoms with Gasteiger partial charge in [-0.15, -0.1) is 0 Å². The van der Waals surface area contributed by atoms with Crippen LogP contribution in [0.15, 0.2) is 18.3 Å². The van der Waals surface area contributed by atoms with Crippen LogP contribution in [-0.2, 0) is 4.74 Å². The van der Waals surface area contributed by atoms with Gasteiger partial charge in [-0.3, -0.25) is 0 Å². The van der Waals surface area contributed by atoms with Crippen molar-refractivity contribution in [2.45, 2.75) is 19.4 Å². The van der Waals surface area contributed by atoms with E-state index in [1.165, 1.54) is 6.07 Å². The first-order valence-corrected chi connectivity index (χ1v) is 5.70. The van der Waals surface area contributed by atoms with Gasteiger partial charge in [0.15, 0.2) is 0 Å². The number of aromatic nitrogens is 1. The lowest BCUT2D eigenvalue weighted by Gasteiger charge is -2.20. The first-order valence-electron chi connectivity index (χ1n) is 5.70. The van der Waals surface area contributed by atoms with Crippen molar-refractivity contribution in [1.82, 2.24) is 4.98 Å². The lowest BCUT2D eigenvalue weighted by atomic mass is 10.0. The van der Waals surface area contributed by atoms with Gasteiger partial charge in [0.05, 0.1) is 18.5 Å². The molecule has 0 bridgehead atoms. The zero-order valence-electron chi connectivity index (χ0n) is 9.72. The van der Waals surface area contributed by atoms with Crippen molar-refractivity contribution in [3.05, 3.63) is 24.0 Å². The summed E-state index contributed by atoms with van der Waals surface area (Å²) in [5, 5.41) is 12.0. The predicted octanol–water partition coefficient (Wildman–Crippen LogP) is 1.62. The summed E-state index contributed by atoms with van der Waals surface area (Å²) in [6.45, 7) is 3.71. The Bertz CT molecular complexity index is 385. The van der Waals surface area contributed by atoms with Crippen LogP contribution in [0.2, 0.25) is 0 Å². The van der Waals surface area contributed by atoms with Crippen molar-refractivity contribution >= 4 is 11.7 Å². The van der Waals surface area contributed by atoms with Crippen LogP contribution in [-0.4, -0.2) is 35.3 Å². The smallest absolute Gasteiger partial charge is 0.354 e. The van der Waals surface area contributed by atoms with Crippen LogP contribution in [0.25, 0.3) is 0 Å². The molecule has 0 amide bonds. The highest BCUT2D eigenvalue weighted by molar-refractivity contribution is 5.85. The molecule has 0 saturated carbocycles. The van der Waals surface area contributed by atoms with E-state index in [1.54, 1.807) is 12.3 Å². The molecule has 0 aromatic carbocycles. The first kappa shape index (κ1) is 11.9. The van der Waals surface area contributed by atoms with Gasteiger partial charge in [-0.05, 0) is 25.5 Å². The van der Waals surface area contributed by atoms with Gasteiger partial charge >= 0.3 is 5.97 Å². The number of hydrogen-bond acceptors (Lipinski definition) is 4. The molecule has 0 aliphatic carbocycles. The summed E-state index contributed by atoms with van der Waals surface area (Å²) in [7, 11) is 0. The molecule has 2 N–H and O–H groups in total. The van der Waals surface area contributed by atoms with Crippen LogP contribution in [0.5, 0.6) is 0 Å². The molecule has 2 heterocycles. The molecule has 5 heteroatoms. The number of carbonyl (C=O) groups is 1. The number of ether oxygens (including phenoxy) is 1. The van der Waals surface area contributed by atoms with E-state index in [1.807, 2.05) is 0 Å². The highest BCUT2D eigenvalue weighted by Gasteiger charge is 2.22. The van der Waals surface area contributed by atoms with Crippen LogP contribution in [0, 0.1) is 5.92 Å². The number of carboxylic acids is 1. The molecule has 17 heavy (non-hydrogen) atoms. The standard InChI is InChI=1S/C12H16N2O3/c1-8(9-4-5-17-7-9)14-10-2-3-11(12(15)16)13-6-10/h2-3,6,8-9,14H,4-5,7H2,1H3,(H,15,16). The summed E-state index contributed by atoms with van der Waals surface area (Å²) in [6.07, 6.45) is 2.62. The quantitative estimate of drug-likeness (QED) is 0.831. The molecule has 1 fully saturated rings. The van der Waals surface area contributed by atoms with Crippen LogP contribution in [0.1, 0.15) is 23.8 Å². The summed E-state index contributed by atoms with van der Waals surface area (Å²) in [5.41, 5.74) is 0.904. The van der Waals surface area contributed by atoms with Gasteiger partial charge < -0.3 is 15.2 Å². The van der Waals surface area contributed by atoms with Crippen molar-refractivity contribution in [2.75, 3.05) is 18.5 Å². The van der Waals surface area contributed by atoms with Gasteiger partial charge in [0, 0.05) is 18.6 Å². The Labute approximate surface area is 99.8 Å². The molecular weight excluding hydrogens is 220 g/mol. The van der Waals surface area contributed by atoms with Crippen molar-refractivity contribution in [3.8, 4) is 0 Å². The maximum absolute atomic E-state index is 10.6. The summed E-state index contributed by atoms with van der Waals surface area (Å²) in [6, 6.07) is 3.54. The fourth-order valence-electron chi connectivity index (χ4n) is 1.93. The van der Waals surface area contributed by atoms with Gasteiger partial charge in [0.2, 0.25) is 0 Å². The largest absolute Gasteiger partial charge is 0.477 e. The lowest BCUT2D eigenvalue weighted by molar-refractivity contribution is 0.0690. The van der Waals surface area contributed by atoms with Gasteiger partial charge in [0.25, 0.3) is 0 Å². The Morgan fingerprint density at radius 3 is 3.00 bits per heavy atom. The first-order chi connectivity index (χ1) is 8.16. The number of nitrogens with one attached hydrogen (secondary N) is 1. The molecule has 0 spiro atoms. The van der Waals surface area contributed by atoms with Crippen LogP contribution in [0.3, 0.4) is 0 Å². The Balaban J connectivity index is 1.96. The van der Waals surface area contributed by atoms with Crippen molar-refractivity contribution in [1.29, 1.82) is 0 Å². The molecule has 1 saturated heterocycles. The Morgan fingerprint density at radius 1 is 1.65 bits per heavy atom. The van der Waals surface area contributed by atoms with Crippen molar-refractivity contribution < 1.29 is 14.6 Å². The molecule has 0 radical (unpaired) electrons. The molecule has 5 nitrogen and oxygen atoms in total. The fourth-order valence-corrected chi connectivity index (χ4v) is 1.93. The topological polar surface area (TPSA) is 71.5 Å². The molecule has 1 aromatic heterocycles. The average molecular weight is 236 g/mol. The third-order valence-corrected chi connectivity index (χ3v) is 3.05. The molecule has 2 unspecified atom stereocenters. The molecule has 2 atom stereocenters. The normalized spacial score (nSPS) is 21.1. The summed E-state index contributed by atoms with van der Waals surface area (Å²) < 4.78 is 5.33. The summed E-state index contributed by atoms with van der Waals surface area (Å²) in [5.74, 6) is -0.497. The SMILES string of the molecule is CC(Nc1ccc(C(=O)O)nc1)C1CCOC1. The predicted molar refractivity (Wildman–Crippen MR) is 63.2 cm³/mol. The van der Waals surface area contributed by atoms with Crippen molar-refractivity contribution in [3.63, 3.8) is 0 Å². The van der Waals surface area contributed by atoms with E-state index in [2.05, 4.69) is 17.2 Å². The number of hydrogen-bond donors (Lipinski definition) is 2. The van der Waals surface area contributed by atoms with Gasteiger partial charge in [-0.25, -0.2) is 9.78 Å². The third-order valence-electron chi connectivity index (χ3n) is 3.05. The number of rotatable bonds is 4. The molecule has 1 aliphatic rings. The second-order valence-corrected chi connectivity index (χ2v) is 4.29. The number of aromatic carboxylic acids is 1. The second kappa shape index (κ2) is 5.14. The lowest BCUT2D eigenvalue weighted by Crippen LogP contribution is -2.26. The van der Waals surface area contributed by atoms with Gasteiger partial charge in [0.1, 0.15) is 5.69 Å². The number of nitrogens with zero attached hydrogens (tertiary/aromatic N) is 1. The average Bonchev–Trinajstić information content (AvgIpc) is 2.83. The van der Waals surface area contributed by atoms with Gasteiger partial charge in [-0.1, -0.05) is 0 Å². The minimum absolute atomic E-state index is 0.0624. The van der Waals surface area contributed by atoms with E-state index >= 15 is 0 Å². The zero-order valence-corrected chi connectivity index (χ0v) is 9.72. The Morgan fingerprint density at radius 2 is 2.47 bits per heavy atom. The van der Waals surface area contributed by atoms with Crippen LogP contribution >= 0.6 is 0 Å². The van der Waals surface area contributed by atoms with Crippen molar-refractivity contribution in [2.24, 2.45) is 5.92 Å². The fraction of sp³-hybridized carbons (Fsp3) is 0.500. The van der Waals surface area contributed by atoms with E-state index in [0.717, 1.165) is 25.3 Å². The van der Waals surface area contributed by atoms with E-state index in [-0.39, 0.29) is 5.69 Å². The van der Waals surface area contributed by atoms with E-state index in [4.69, 9.17) is 9.84 Å². The molecule has 1 aliphatic heterocycles. The molecule has 1 aromatic rings. The second-order valence-electron chi connectivity index (χ2n) is 4.29. The maximum Gasteiger partial charge on any atom is 0.354 e. The summed E-state index contributed by atoms with van der Waals surface area (Å²) in [4.78, 5) is 14.5. The molecule has 92 valence electrons. The van der Waals surface area contributed by atoms with E-state index < -0.39 is 5.97 Å². The van der Waals surface area contributed by atoms with Gasteiger partial charge in [-0.2, -0.15) is 0 Å². The third kappa shape index (κ3) is 2.94. The van der Waals surface area contributed by atoms with Crippen LogP contribution < -0.4 is 5.32 Å². The zero-order chi connectivity index (χ0) is 12.3. The minimum atomic E-state index is -1.01. The molecule has 2 rings (SSSR count). The Kier molecular flexibility index (Phi) is 3.58. The summed E-state index contributed by atoms with van der Waals surface area (Å²) >= 11 is 0. The highest BCUT2D eigenvalue weighted by Crippen LogP contribution is 2.19. The minimum Gasteiger partial charge on any atom is -0.477 e. The van der Waals surface area contributed by atoms with Crippen LogP contribution in [0.4, 0.5) is 5.69 Å². The Hall–Kier alpha value is -1.62. The van der Waals surface area contributed by atoms with E-state index in [9.17, 15) is 4.79 Å². The van der Waals surface area contributed by atoms with E-state index in [0.29, 0.717) is 12.0 Å². The highest BCUT2D eigenvalue weighted by atomic mass is 16.5. The molecular formula is C12H16N2O3. The number of carboxylic acid groups (broad SMARTS) is 1. The maximum atomic E-state index is 10.6. The number of pyridine rings is 1. The number of anilines is 1. The monoisotopic (exact) mass is 236 g/mol.